The molecule has 2 aromatic rings. The van der Waals surface area contributed by atoms with E-state index in [1.54, 1.807) is 60.7 Å². The van der Waals surface area contributed by atoms with Crippen molar-refractivity contribution in [2.45, 2.75) is 0 Å². The summed E-state index contributed by atoms with van der Waals surface area (Å²) in [5, 5.41) is 0. The molecule has 0 saturated carbocycles. The molecular weight excluding hydrogens is 354 g/mol. The molecule has 0 fully saturated rings. The van der Waals surface area contributed by atoms with Crippen molar-refractivity contribution in [3.05, 3.63) is 60.7 Å². The molecule has 2 N–H and O–H groups in total. The van der Waals surface area contributed by atoms with Crippen LogP contribution in [0.2, 0.25) is 0 Å². The fourth-order valence-electron chi connectivity index (χ4n) is 1.74. The second kappa shape index (κ2) is 9.02. The Hall–Kier alpha value is -1.62. The quantitative estimate of drug-likeness (QED) is 0.648. The van der Waals surface area contributed by atoms with Gasteiger partial charge in [0.1, 0.15) is 11.5 Å². The topological polar surface area (TPSA) is 103 Å². The van der Waals surface area contributed by atoms with Crippen molar-refractivity contribution in [1.29, 1.82) is 0 Å². The van der Waals surface area contributed by atoms with E-state index in [0.29, 0.717) is 11.5 Å². The minimum atomic E-state index is -3.71. The van der Waals surface area contributed by atoms with Crippen molar-refractivity contribution in [2.75, 3.05) is 20.1 Å². The van der Waals surface area contributed by atoms with Crippen LogP contribution in [0.3, 0.4) is 0 Å². The minimum absolute atomic E-state index is 0. The van der Waals surface area contributed by atoms with E-state index in [2.05, 4.69) is 0 Å². The highest BCUT2D eigenvalue weighted by Gasteiger charge is 2.39. The van der Waals surface area contributed by atoms with Gasteiger partial charge in [-0.3, -0.25) is 0 Å². The summed E-state index contributed by atoms with van der Waals surface area (Å²) in [4.78, 5) is 0. The van der Waals surface area contributed by atoms with Crippen LogP contribution in [0.1, 0.15) is 0 Å². The van der Waals surface area contributed by atoms with Gasteiger partial charge < -0.3 is 23.6 Å². The predicted molar refractivity (Wildman–Crippen MR) is 91.9 cm³/mol. The Balaban J connectivity index is 0.00000288. The van der Waals surface area contributed by atoms with E-state index in [9.17, 15) is 9.13 Å². The molecule has 0 spiro atoms. The van der Waals surface area contributed by atoms with Gasteiger partial charge in [-0.1, -0.05) is 36.4 Å². The van der Waals surface area contributed by atoms with E-state index in [0.717, 1.165) is 0 Å². The molecule has 0 heterocycles. The summed E-state index contributed by atoms with van der Waals surface area (Å²) in [6.07, 6.45) is 0. The van der Waals surface area contributed by atoms with Gasteiger partial charge in [0.15, 0.2) is 5.90 Å². The third-order valence-corrected chi connectivity index (χ3v) is 7.74. The van der Waals surface area contributed by atoms with Gasteiger partial charge in [0.2, 0.25) is 0 Å². The van der Waals surface area contributed by atoms with Crippen molar-refractivity contribution in [1.82, 2.24) is 0 Å². The van der Waals surface area contributed by atoms with Crippen molar-refractivity contribution in [2.24, 2.45) is 0 Å². The van der Waals surface area contributed by atoms with Gasteiger partial charge in [-0.25, -0.2) is 9.13 Å². The summed E-state index contributed by atoms with van der Waals surface area (Å²) in [6.45, 7) is 0. The number of rotatable bonds is 8. The van der Waals surface area contributed by atoms with E-state index in [-0.39, 0.29) is 5.48 Å². The lowest BCUT2D eigenvalue weighted by Gasteiger charge is -2.22. The van der Waals surface area contributed by atoms with Crippen molar-refractivity contribution >= 4 is 15.2 Å². The second-order valence-electron chi connectivity index (χ2n) is 4.54. The molecule has 7 nitrogen and oxygen atoms in total. The summed E-state index contributed by atoms with van der Waals surface area (Å²) in [5.41, 5.74) is 0. The first-order valence-electron chi connectivity index (χ1n) is 6.77. The van der Waals surface area contributed by atoms with Gasteiger partial charge in [-0.2, -0.15) is 0 Å². The smallest absolute Gasteiger partial charge is 0.392 e. The van der Waals surface area contributed by atoms with Crippen LogP contribution in [-0.4, -0.2) is 25.6 Å². The zero-order valence-corrected chi connectivity index (χ0v) is 15.1. The first kappa shape index (κ1) is 20.4. The molecule has 0 bridgehead atoms. The minimum Gasteiger partial charge on any atom is -0.424 e. The van der Waals surface area contributed by atoms with Crippen LogP contribution in [-0.2, 0) is 18.2 Å². The van der Waals surface area contributed by atoms with Crippen molar-refractivity contribution in [3.63, 3.8) is 0 Å². The van der Waals surface area contributed by atoms with E-state index < -0.39 is 21.1 Å². The Morgan fingerprint density at radius 3 is 1.33 bits per heavy atom. The van der Waals surface area contributed by atoms with Crippen molar-refractivity contribution < 1.29 is 32.7 Å². The number of benzene rings is 2. The Morgan fingerprint density at radius 1 is 0.708 bits per heavy atom. The maximum absolute atomic E-state index is 12.7. The summed E-state index contributed by atoms with van der Waals surface area (Å²) in [5.74, 6) is 0.191. The Morgan fingerprint density at radius 2 is 1.04 bits per heavy atom. The first-order chi connectivity index (χ1) is 11.0. The predicted octanol–water partition coefficient (Wildman–Crippen LogP) is 3.96. The van der Waals surface area contributed by atoms with Crippen LogP contribution < -0.4 is 9.05 Å². The first-order valence-corrected chi connectivity index (χ1v) is 10.2. The largest absolute Gasteiger partial charge is 0.424 e. The molecule has 9 heteroatoms. The van der Waals surface area contributed by atoms with Crippen LogP contribution >= 0.6 is 15.2 Å². The Kier molecular flexibility index (Phi) is 7.67. The van der Waals surface area contributed by atoms with Gasteiger partial charge in [0, 0.05) is 14.2 Å². The molecule has 0 aliphatic heterocycles. The third kappa shape index (κ3) is 5.78. The molecule has 0 aromatic heterocycles. The van der Waals surface area contributed by atoms with Crippen LogP contribution in [0.25, 0.3) is 0 Å². The van der Waals surface area contributed by atoms with E-state index >= 15 is 0 Å². The third-order valence-electron chi connectivity index (χ3n) is 2.88. The van der Waals surface area contributed by atoms with Crippen molar-refractivity contribution in [3.8, 4) is 11.5 Å². The molecule has 132 valence electrons. The lowest BCUT2D eigenvalue weighted by molar-refractivity contribution is 0.306. The van der Waals surface area contributed by atoms with Crippen LogP contribution in [0.5, 0.6) is 11.5 Å². The zero-order chi connectivity index (χ0) is 16.8. The zero-order valence-electron chi connectivity index (χ0n) is 13.3. The van der Waals surface area contributed by atoms with E-state index in [4.69, 9.17) is 18.1 Å². The fourth-order valence-corrected chi connectivity index (χ4v) is 5.86. The van der Waals surface area contributed by atoms with Gasteiger partial charge >= 0.3 is 15.2 Å². The van der Waals surface area contributed by atoms with Crippen LogP contribution in [0, 0.1) is 0 Å². The molecular formula is C15H20O7P2. The monoisotopic (exact) mass is 374 g/mol. The number of hydrogen-bond donors (Lipinski definition) is 0. The lowest BCUT2D eigenvalue weighted by Crippen LogP contribution is -2.06. The highest BCUT2D eigenvalue weighted by molar-refractivity contribution is 7.71. The maximum atomic E-state index is 12.7. The van der Waals surface area contributed by atoms with E-state index in [1.165, 1.54) is 14.2 Å². The fraction of sp³-hybridized carbons (Fsp3) is 0.200. The van der Waals surface area contributed by atoms with Gasteiger partial charge in [0.05, 0.1) is 0 Å². The second-order valence-corrected chi connectivity index (χ2v) is 9.21. The summed E-state index contributed by atoms with van der Waals surface area (Å²) < 4.78 is 46.2. The summed E-state index contributed by atoms with van der Waals surface area (Å²) >= 11 is 0. The summed E-state index contributed by atoms with van der Waals surface area (Å²) in [6, 6.07) is 17.0. The average Bonchev–Trinajstić information content (AvgIpc) is 2.56. The molecule has 0 aliphatic carbocycles. The molecule has 2 aromatic carbocycles. The molecule has 24 heavy (non-hydrogen) atoms. The normalized spacial score (nSPS) is 15.4. The number of para-hydroxylation sites is 2. The SMILES string of the molecule is COP(=O)(CP(=O)(OC)Oc1ccccc1)Oc1ccccc1.O. The lowest BCUT2D eigenvalue weighted by atomic mass is 10.3. The van der Waals surface area contributed by atoms with Gasteiger partial charge in [-0.05, 0) is 24.3 Å². The van der Waals surface area contributed by atoms with Crippen LogP contribution in [0.4, 0.5) is 0 Å². The van der Waals surface area contributed by atoms with E-state index in [1.807, 2.05) is 0 Å². The highest BCUT2D eigenvalue weighted by Crippen LogP contribution is 2.62. The van der Waals surface area contributed by atoms with Gasteiger partial charge in [-0.15, -0.1) is 0 Å². The Bertz CT molecular complexity index is 645. The molecule has 2 rings (SSSR count). The molecule has 0 radical (unpaired) electrons. The van der Waals surface area contributed by atoms with Crippen LogP contribution in [0.15, 0.2) is 60.7 Å². The molecule has 2 unspecified atom stereocenters. The van der Waals surface area contributed by atoms with Gasteiger partial charge in [0.25, 0.3) is 0 Å². The highest BCUT2D eigenvalue weighted by atomic mass is 31.2. The molecule has 0 saturated heterocycles. The maximum Gasteiger partial charge on any atom is 0.392 e. The molecule has 2 atom stereocenters. The summed E-state index contributed by atoms with van der Waals surface area (Å²) in [7, 11) is -4.96. The Labute approximate surface area is 140 Å². The standard InChI is InChI=1S/C15H18O6P2.H2O/c1-18-22(16,20-14-9-5-3-6-10-14)13-23(17,19-2)21-15-11-7-4-8-12-15;/h3-12H,13H2,1-2H3;1H2. The molecule has 0 aliphatic rings. The average molecular weight is 374 g/mol. The number of hydrogen-bond acceptors (Lipinski definition) is 6. The molecule has 0 amide bonds.